The van der Waals surface area contributed by atoms with Gasteiger partial charge in [0, 0.05) is 11.6 Å². The Morgan fingerprint density at radius 3 is 2.55 bits per heavy atom. The predicted molar refractivity (Wildman–Crippen MR) is 72.3 cm³/mol. The average Bonchev–Trinajstić information content (AvgIpc) is 2.73. The molecule has 0 N–H and O–H groups in total. The minimum Gasteiger partial charge on any atom is -0.487 e. The summed E-state index contributed by atoms with van der Waals surface area (Å²) in [6.45, 7) is 10.0. The molecule has 1 atom stereocenters. The van der Waals surface area contributed by atoms with Crippen LogP contribution >= 0.6 is 0 Å². The molecule has 0 bridgehead atoms. The first-order valence-electron chi connectivity index (χ1n) is 6.17. The monoisotopic (exact) mass is 297 g/mol. The second-order valence-electron chi connectivity index (χ2n) is 4.77. The molecule has 1 aliphatic rings. The maximum absolute atomic E-state index is 14.1. The Morgan fingerprint density at radius 1 is 1.36 bits per heavy atom. The number of nitrogens with zero attached hydrogens (tertiary/aromatic N) is 3. The lowest BCUT2D eigenvalue weighted by Crippen LogP contribution is -2.24. The van der Waals surface area contributed by atoms with Gasteiger partial charge in [0.15, 0.2) is 11.4 Å². The number of hydrogen-bond donors (Lipinski definition) is 0. The number of hydrogen-bond acceptors (Lipinski definition) is 3. The molecule has 1 aromatic rings. The van der Waals surface area contributed by atoms with E-state index in [1.165, 1.54) is 13.0 Å². The number of ether oxygens (including phenoxy) is 1. The van der Waals surface area contributed by atoms with E-state index >= 15 is 0 Å². The van der Waals surface area contributed by atoms with Crippen LogP contribution in [0.5, 0.6) is 0 Å². The van der Waals surface area contributed by atoms with Crippen LogP contribution in [0, 0.1) is 40.9 Å². The lowest BCUT2D eigenvalue weighted by molar-refractivity contribution is 0.0690. The second-order valence-corrected chi connectivity index (χ2v) is 4.77. The molecule has 0 saturated heterocycles. The van der Waals surface area contributed by atoms with Crippen LogP contribution in [0.1, 0.15) is 19.4 Å². The van der Waals surface area contributed by atoms with Crippen LogP contribution in [-0.4, -0.2) is 0 Å². The fraction of sp³-hybridized carbons (Fsp3) is 0.188. The second kappa shape index (κ2) is 5.31. The Kier molecular flexibility index (Phi) is 3.68. The number of allylic oxidation sites excluding steroid dienone is 2. The highest BCUT2D eigenvalue weighted by molar-refractivity contribution is 5.57. The lowest BCUT2D eigenvalue weighted by atomic mass is 9.87. The minimum atomic E-state index is -1.38. The Hall–Kier alpha value is -3.17. The molecule has 2 rings (SSSR count). The molecule has 0 spiro atoms. The molecule has 0 saturated carbocycles. The van der Waals surface area contributed by atoms with Crippen LogP contribution in [0.25, 0.3) is 4.85 Å². The molecule has 4 nitrogen and oxygen atoms in total. The zero-order valence-corrected chi connectivity index (χ0v) is 11.7. The van der Waals surface area contributed by atoms with Gasteiger partial charge in [-0.2, -0.15) is 5.26 Å². The van der Waals surface area contributed by atoms with Gasteiger partial charge in [0.05, 0.1) is 18.2 Å². The van der Waals surface area contributed by atoms with E-state index in [0.717, 1.165) is 6.07 Å². The molecule has 0 aromatic heterocycles. The van der Waals surface area contributed by atoms with Crippen molar-refractivity contribution in [1.82, 2.24) is 0 Å². The van der Waals surface area contributed by atoms with Gasteiger partial charge >= 0.3 is 5.70 Å². The van der Waals surface area contributed by atoms with Crippen molar-refractivity contribution < 1.29 is 13.5 Å². The van der Waals surface area contributed by atoms with Crippen molar-refractivity contribution in [2.75, 3.05) is 0 Å². The van der Waals surface area contributed by atoms with Crippen molar-refractivity contribution in [3.8, 4) is 12.1 Å². The van der Waals surface area contributed by atoms with Crippen molar-refractivity contribution >= 4 is 0 Å². The van der Waals surface area contributed by atoms with Crippen LogP contribution < -0.4 is 0 Å². The maximum atomic E-state index is 14.1. The van der Waals surface area contributed by atoms with E-state index in [1.807, 2.05) is 6.07 Å². The van der Waals surface area contributed by atoms with Gasteiger partial charge in [0.2, 0.25) is 0 Å². The molecule has 108 valence electrons. The van der Waals surface area contributed by atoms with Gasteiger partial charge in [-0.25, -0.2) is 18.9 Å². The van der Waals surface area contributed by atoms with Crippen molar-refractivity contribution in [3.05, 3.63) is 69.4 Å². The largest absolute Gasteiger partial charge is 0.487 e. The molecule has 1 heterocycles. The van der Waals surface area contributed by atoms with Gasteiger partial charge in [0.1, 0.15) is 17.7 Å². The summed E-state index contributed by atoms with van der Waals surface area (Å²) in [5.41, 5.74) is -1.38. The van der Waals surface area contributed by atoms with Crippen LogP contribution in [0.2, 0.25) is 0 Å². The summed E-state index contributed by atoms with van der Waals surface area (Å²) in [6, 6.07) is 6.54. The summed E-state index contributed by atoms with van der Waals surface area (Å²) >= 11 is 0. The Morgan fingerprint density at radius 2 is 2.05 bits per heavy atom. The predicted octanol–water partition coefficient (Wildman–Crippen LogP) is 3.70. The Labute approximate surface area is 126 Å². The van der Waals surface area contributed by atoms with E-state index in [9.17, 15) is 14.0 Å². The number of nitriles is 2. The SMILES string of the molecule is [C-]#[N+]/C(C#N)=C1\OC(C)(c2ccc(F)cc2F)C(C)=C1C#N. The van der Waals surface area contributed by atoms with Crippen molar-refractivity contribution in [2.45, 2.75) is 19.4 Å². The van der Waals surface area contributed by atoms with E-state index in [4.69, 9.17) is 16.6 Å². The van der Waals surface area contributed by atoms with E-state index in [-0.39, 0.29) is 22.6 Å². The molecule has 22 heavy (non-hydrogen) atoms. The smallest absolute Gasteiger partial charge is 0.304 e. The quantitative estimate of drug-likeness (QED) is 0.586. The van der Waals surface area contributed by atoms with E-state index in [1.54, 1.807) is 13.0 Å². The fourth-order valence-corrected chi connectivity index (χ4v) is 2.30. The highest BCUT2D eigenvalue weighted by atomic mass is 19.1. The fourth-order valence-electron chi connectivity index (χ4n) is 2.30. The molecule has 0 amide bonds. The van der Waals surface area contributed by atoms with E-state index in [2.05, 4.69) is 4.85 Å². The summed E-state index contributed by atoms with van der Waals surface area (Å²) in [5.74, 6) is -1.75. The summed E-state index contributed by atoms with van der Waals surface area (Å²) < 4.78 is 32.8. The summed E-state index contributed by atoms with van der Waals surface area (Å²) in [6.07, 6.45) is 0. The molecule has 1 aromatic carbocycles. The normalized spacial score (nSPS) is 22.4. The average molecular weight is 297 g/mol. The third kappa shape index (κ3) is 2.10. The van der Waals surface area contributed by atoms with Gasteiger partial charge in [-0.15, -0.1) is 0 Å². The van der Waals surface area contributed by atoms with Gasteiger partial charge in [-0.3, -0.25) is 0 Å². The number of halogens is 2. The van der Waals surface area contributed by atoms with Crippen LogP contribution in [0.15, 0.2) is 40.8 Å². The number of rotatable bonds is 1. The highest BCUT2D eigenvalue weighted by Gasteiger charge is 2.43. The Balaban J connectivity index is 2.72. The van der Waals surface area contributed by atoms with E-state index in [0.29, 0.717) is 11.6 Å². The van der Waals surface area contributed by atoms with Gasteiger partial charge in [0.25, 0.3) is 0 Å². The molecule has 1 aliphatic heterocycles. The highest BCUT2D eigenvalue weighted by Crippen LogP contribution is 2.46. The summed E-state index contributed by atoms with van der Waals surface area (Å²) in [7, 11) is 0. The van der Waals surface area contributed by atoms with E-state index < -0.39 is 17.2 Å². The standard InChI is InChI=1S/C16H9F2N3O/c1-9-11(7-19)15(14(8-20)21-3)22-16(9,2)12-5-4-10(17)6-13(12)18/h4-6H,1-2H3/b15-14-. The molecule has 1 unspecified atom stereocenters. The van der Waals surface area contributed by atoms with Crippen molar-refractivity contribution in [1.29, 1.82) is 10.5 Å². The zero-order valence-electron chi connectivity index (χ0n) is 11.7. The molecular weight excluding hydrogens is 288 g/mol. The van der Waals surface area contributed by atoms with Crippen molar-refractivity contribution in [2.24, 2.45) is 0 Å². The topological polar surface area (TPSA) is 61.2 Å². The molecule has 0 radical (unpaired) electrons. The maximum Gasteiger partial charge on any atom is 0.304 e. The minimum absolute atomic E-state index is 0.0128. The van der Waals surface area contributed by atoms with Crippen LogP contribution in [0.3, 0.4) is 0 Å². The third-order valence-electron chi connectivity index (χ3n) is 3.61. The first-order valence-corrected chi connectivity index (χ1v) is 6.17. The van der Waals surface area contributed by atoms with Gasteiger partial charge < -0.3 is 4.74 Å². The Bertz CT molecular complexity index is 834. The molecule has 6 heteroatoms. The molecular formula is C16H9F2N3O. The lowest BCUT2D eigenvalue weighted by Gasteiger charge is -2.27. The van der Waals surface area contributed by atoms with Crippen LogP contribution in [0.4, 0.5) is 8.78 Å². The summed E-state index contributed by atoms with van der Waals surface area (Å²) in [5, 5.41) is 18.2. The molecule has 0 fully saturated rings. The first kappa shape index (κ1) is 15.2. The molecule has 0 aliphatic carbocycles. The first-order chi connectivity index (χ1) is 10.4. The van der Waals surface area contributed by atoms with Crippen LogP contribution in [-0.2, 0) is 10.3 Å². The number of benzene rings is 1. The van der Waals surface area contributed by atoms with Crippen molar-refractivity contribution in [3.63, 3.8) is 0 Å². The van der Waals surface area contributed by atoms with Gasteiger partial charge in [-0.1, -0.05) is 0 Å². The van der Waals surface area contributed by atoms with Gasteiger partial charge in [-0.05, 0) is 31.6 Å². The zero-order chi connectivity index (χ0) is 16.5. The summed E-state index contributed by atoms with van der Waals surface area (Å²) in [4.78, 5) is 3.02. The third-order valence-corrected chi connectivity index (χ3v) is 3.61.